The number of aromatic nitrogens is 1. The lowest BCUT2D eigenvalue weighted by Crippen LogP contribution is -2.30. The molecule has 1 atom stereocenters. The first kappa shape index (κ1) is 17.4. The fraction of sp³-hybridized carbons (Fsp3) is 0.238. The summed E-state index contributed by atoms with van der Waals surface area (Å²) < 4.78 is 0. The molecule has 25 heavy (non-hydrogen) atoms. The number of hydrogen-bond acceptors (Lipinski definition) is 3. The molecule has 128 valence electrons. The highest BCUT2D eigenvalue weighted by atomic mass is 32.1. The second-order valence-corrected chi connectivity index (χ2v) is 7.10. The van der Waals surface area contributed by atoms with Crippen LogP contribution in [-0.4, -0.2) is 16.9 Å². The zero-order valence-corrected chi connectivity index (χ0v) is 15.3. The third-order valence-electron chi connectivity index (χ3n) is 4.09. The van der Waals surface area contributed by atoms with Crippen LogP contribution in [0.1, 0.15) is 25.8 Å². The molecule has 3 rings (SSSR count). The van der Waals surface area contributed by atoms with E-state index >= 15 is 0 Å². The Kier molecular flexibility index (Phi) is 5.61. The van der Waals surface area contributed by atoms with Crippen LogP contribution in [0.4, 0.5) is 0 Å². The van der Waals surface area contributed by atoms with Gasteiger partial charge in [0.25, 0.3) is 0 Å². The number of amides is 1. The fourth-order valence-corrected chi connectivity index (χ4v) is 3.60. The van der Waals surface area contributed by atoms with Crippen LogP contribution < -0.4 is 5.32 Å². The number of rotatable bonds is 6. The maximum absolute atomic E-state index is 11.1. The van der Waals surface area contributed by atoms with Gasteiger partial charge in [0, 0.05) is 29.5 Å². The number of hydrogen-bond donors (Lipinski definition) is 1. The van der Waals surface area contributed by atoms with Crippen molar-refractivity contribution in [2.45, 2.75) is 32.7 Å². The van der Waals surface area contributed by atoms with Crippen LogP contribution in [0.25, 0.3) is 21.8 Å². The second-order valence-electron chi connectivity index (χ2n) is 6.24. The van der Waals surface area contributed by atoms with Gasteiger partial charge >= 0.3 is 0 Å². The fourth-order valence-electron chi connectivity index (χ4n) is 2.76. The topological polar surface area (TPSA) is 42.0 Å². The Bertz CT molecular complexity index is 825. The van der Waals surface area contributed by atoms with Gasteiger partial charge in [-0.15, -0.1) is 11.3 Å². The number of nitrogens with zero attached hydrogens (tertiary/aromatic N) is 1. The maximum Gasteiger partial charge on any atom is 0.217 e. The summed E-state index contributed by atoms with van der Waals surface area (Å²) in [6, 6.07) is 19.0. The SMILES string of the molecule is CC(=O)NC(C)CCc1ccc(-c2csc(-c3ccccc3)n2)cc1. The van der Waals surface area contributed by atoms with Crippen molar-refractivity contribution >= 4 is 17.2 Å². The third kappa shape index (κ3) is 4.77. The van der Waals surface area contributed by atoms with Gasteiger partial charge in [0.15, 0.2) is 0 Å². The van der Waals surface area contributed by atoms with Gasteiger partial charge < -0.3 is 5.32 Å². The van der Waals surface area contributed by atoms with Crippen LogP contribution >= 0.6 is 11.3 Å². The molecule has 0 bridgehead atoms. The summed E-state index contributed by atoms with van der Waals surface area (Å²) in [6.07, 6.45) is 1.89. The second kappa shape index (κ2) is 8.08. The normalized spacial score (nSPS) is 11.9. The largest absolute Gasteiger partial charge is 0.354 e. The van der Waals surface area contributed by atoms with Crippen molar-refractivity contribution in [3.05, 3.63) is 65.5 Å². The van der Waals surface area contributed by atoms with Crippen LogP contribution in [0.2, 0.25) is 0 Å². The van der Waals surface area contributed by atoms with Crippen LogP contribution in [-0.2, 0) is 11.2 Å². The van der Waals surface area contributed by atoms with Gasteiger partial charge in [-0.2, -0.15) is 0 Å². The number of benzene rings is 2. The minimum Gasteiger partial charge on any atom is -0.354 e. The molecule has 1 aromatic heterocycles. The Labute approximate surface area is 152 Å². The first-order valence-electron chi connectivity index (χ1n) is 8.49. The van der Waals surface area contributed by atoms with Crippen molar-refractivity contribution in [3.8, 4) is 21.8 Å². The number of thiazole rings is 1. The van der Waals surface area contributed by atoms with Gasteiger partial charge in [-0.3, -0.25) is 4.79 Å². The quantitative estimate of drug-likeness (QED) is 0.684. The van der Waals surface area contributed by atoms with E-state index in [2.05, 4.69) is 47.1 Å². The first-order valence-corrected chi connectivity index (χ1v) is 9.37. The Morgan fingerprint density at radius 1 is 1.08 bits per heavy atom. The van der Waals surface area contributed by atoms with E-state index in [-0.39, 0.29) is 11.9 Å². The summed E-state index contributed by atoms with van der Waals surface area (Å²) in [6.45, 7) is 3.60. The van der Waals surface area contributed by atoms with Crippen molar-refractivity contribution in [2.24, 2.45) is 0 Å². The molecule has 0 saturated carbocycles. The first-order chi connectivity index (χ1) is 12.1. The summed E-state index contributed by atoms with van der Waals surface area (Å²) in [5.41, 5.74) is 4.58. The van der Waals surface area contributed by atoms with Crippen LogP contribution in [0.15, 0.2) is 60.0 Å². The molecule has 2 aromatic carbocycles. The van der Waals surface area contributed by atoms with Gasteiger partial charge in [0.1, 0.15) is 5.01 Å². The standard InChI is InChI=1S/C21H22N2OS/c1-15(22-16(2)24)8-9-17-10-12-18(13-11-17)20-14-25-21(23-20)19-6-4-3-5-7-19/h3-7,10-15H,8-9H2,1-2H3,(H,22,24). The monoisotopic (exact) mass is 350 g/mol. The van der Waals surface area contributed by atoms with E-state index in [0.717, 1.165) is 34.7 Å². The summed E-state index contributed by atoms with van der Waals surface area (Å²) in [4.78, 5) is 15.8. The Morgan fingerprint density at radius 3 is 2.48 bits per heavy atom. The minimum absolute atomic E-state index is 0.0283. The molecule has 1 heterocycles. The van der Waals surface area contributed by atoms with Crippen LogP contribution in [0, 0.1) is 0 Å². The average molecular weight is 350 g/mol. The van der Waals surface area contributed by atoms with Gasteiger partial charge in [-0.25, -0.2) is 4.98 Å². The predicted octanol–water partition coefficient (Wildman–Crippen LogP) is 4.93. The zero-order chi connectivity index (χ0) is 17.6. The van der Waals surface area contributed by atoms with E-state index in [0.29, 0.717) is 0 Å². The van der Waals surface area contributed by atoms with Crippen molar-refractivity contribution in [1.29, 1.82) is 0 Å². The number of carbonyl (C=O) groups is 1. The molecule has 0 radical (unpaired) electrons. The molecule has 0 aliphatic carbocycles. The van der Waals surface area contributed by atoms with Gasteiger partial charge in [0.2, 0.25) is 5.91 Å². The lowest BCUT2D eigenvalue weighted by atomic mass is 10.0. The van der Waals surface area contributed by atoms with Crippen LogP contribution in [0.3, 0.4) is 0 Å². The highest BCUT2D eigenvalue weighted by Gasteiger charge is 2.07. The molecule has 4 heteroatoms. The lowest BCUT2D eigenvalue weighted by Gasteiger charge is -2.12. The number of carbonyl (C=O) groups excluding carboxylic acids is 1. The minimum atomic E-state index is 0.0283. The Hall–Kier alpha value is -2.46. The number of aryl methyl sites for hydroxylation is 1. The van der Waals surface area contributed by atoms with E-state index in [1.54, 1.807) is 18.3 Å². The van der Waals surface area contributed by atoms with E-state index < -0.39 is 0 Å². The smallest absolute Gasteiger partial charge is 0.217 e. The molecule has 0 aliphatic rings. The van der Waals surface area contributed by atoms with E-state index in [9.17, 15) is 4.79 Å². The van der Waals surface area contributed by atoms with Crippen molar-refractivity contribution in [1.82, 2.24) is 10.3 Å². The van der Waals surface area contributed by atoms with Gasteiger partial charge in [0.05, 0.1) is 5.69 Å². The molecule has 0 spiro atoms. The van der Waals surface area contributed by atoms with Crippen molar-refractivity contribution in [2.75, 3.05) is 0 Å². The molecule has 3 aromatic rings. The van der Waals surface area contributed by atoms with E-state index in [1.807, 2.05) is 25.1 Å². The lowest BCUT2D eigenvalue weighted by molar-refractivity contribution is -0.119. The molecule has 0 fully saturated rings. The molecule has 1 unspecified atom stereocenters. The Balaban J connectivity index is 1.65. The molecular formula is C21H22N2OS. The molecule has 3 nitrogen and oxygen atoms in total. The summed E-state index contributed by atoms with van der Waals surface area (Å²) in [5.74, 6) is 0.0283. The molecule has 0 aliphatic heterocycles. The van der Waals surface area contributed by atoms with Crippen molar-refractivity contribution in [3.63, 3.8) is 0 Å². The van der Waals surface area contributed by atoms with Gasteiger partial charge in [-0.1, -0.05) is 54.6 Å². The molecular weight excluding hydrogens is 328 g/mol. The van der Waals surface area contributed by atoms with Crippen molar-refractivity contribution < 1.29 is 4.79 Å². The summed E-state index contributed by atoms with van der Waals surface area (Å²) >= 11 is 1.67. The molecule has 1 amide bonds. The number of nitrogens with one attached hydrogen (secondary N) is 1. The van der Waals surface area contributed by atoms with Gasteiger partial charge in [-0.05, 0) is 25.3 Å². The molecule has 0 saturated heterocycles. The van der Waals surface area contributed by atoms with E-state index in [1.165, 1.54) is 5.56 Å². The Morgan fingerprint density at radius 2 is 1.80 bits per heavy atom. The third-order valence-corrected chi connectivity index (χ3v) is 4.98. The maximum atomic E-state index is 11.1. The average Bonchev–Trinajstić information content (AvgIpc) is 3.11. The highest BCUT2D eigenvalue weighted by molar-refractivity contribution is 7.13. The summed E-state index contributed by atoms with van der Waals surface area (Å²) in [5, 5.41) is 6.07. The van der Waals surface area contributed by atoms with Crippen LogP contribution in [0.5, 0.6) is 0 Å². The summed E-state index contributed by atoms with van der Waals surface area (Å²) in [7, 11) is 0. The zero-order valence-electron chi connectivity index (χ0n) is 14.5. The molecule has 1 N–H and O–H groups in total. The van der Waals surface area contributed by atoms with E-state index in [4.69, 9.17) is 4.98 Å². The predicted molar refractivity (Wildman–Crippen MR) is 105 cm³/mol. The highest BCUT2D eigenvalue weighted by Crippen LogP contribution is 2.28.